The van der Waals surface area contributed by atoms with E-state index < -0.39 is 6.09 Å². The maximum Gasteiger partial charge on any atom is 0.413 e. The summed E-state index contributed by atoms with van der Waals surface area (Å²) in [5.41, 5.74) is 3.55. The Morgan fingerprint density at radius 1 is 0.973 bits per heavy atom. The minimum absolute atomic E-state index is 0.0876. The second-order valence-electron chi connectivity index (χ2n) is 9.00. The van der Waals surface area contributed by atoms with Crippen molar-refractivity contribution >= 4 is 46.6 Å². The van der Waals surface area contributed by atoms with Gasteiger partial charge in [0.25, 0.3) is 5.91 Å². The third-order valence-electron chi connectivity index (χ3n) is 6.58. The van der Waals surface area contributed by atoms with E-state index in [4.69, 9.17) is 16.3 Å². The van der Waals surface area contributed by atoms with E-state index in [9.17, 15) is 14.4 Å². The first-order valence-electron chi connectivity index (χ1n) is 12.2. The van der Waals surface area contributed by atoms with Gasteiger partial charge in [-0.2, -0.15) is 0 Å². The van der Waals surface area contributed by atoms with Crippen LogP contribution in [0.25, 0.3) is 0 Å². The van der Waals surface area contributed by atoms with Gasteiger partial charge in [0.15, 0.2) is 0 Å². The van der Waals surface area contributed by atoms with Crippen LogP contribution in [0.2, 0.25) is 5.02 Å². The molecule has 37 heavy (non-hydrogen) atoms. The molecule has 0 spiro atoms. The van der Waals surface area contributed by atoms with Gasteiger partial charge in [0.1, 0.15) is 0 Å². The van der Waals surface area contributed by atoms with Gasteiger partial charge in [-0.15, -0.1) is 0 Å². The number of benzene rings is 3. The smallest absolute Gasteiger partial charge is 0.413 e. The molecule has 3 aromatic carbocycles. The number of carbonyl (C=O) groups is 3. The van der Waals surface area contributed by atoms with Crippen molar-refractivity contribution in [2.75, 3.05) is 28.4 Å². The average Bonchev–Trinajstić information content (AvgIpc) is 2.89. The van der Waals surface area contributed by atoms with Crippen LogP contribution >= 0.6 is 11.6 Å². The molecule has 192 valence electrons. The second kappa shape index (κ2) is 11.0. The van der Waals surface area contributed by atoms with Crippen LogP contribution < -0.4 is 14.7 Å². The highest BCUT2D eigenvalue weighted by Crippen LogP contribution is 2.43. The Balaban J connectivity index is 1.66. The summed E-state index contributed by atoms with van der Waals surface area (Å²) >= 11 is 6.08. The summed E-state index contributed by atoms with van der Waals surface area (Å²) in [4.78, 5) is 43.6. The number of ether oxygens (including phenoxy) is 1. The SMILES string of the molecule is CCOC(=O)N(C)c1ccc(C(=O)N2c3ccccc3C(N(C(C)=O)c3ccc(Cl)cc3)CC2C)cc1. The molecule has 1 aliphatic heterocycles. The number of halogens is 1. The molecule has 3 amide bonds. The first-order valence-corrected chi connectivity index (χ1v) is 12.6. The third kappa shape index (κ3) is 5.32. The number of hydrogen-bond donors (Lipinski definition) is 0. The highest BCUT2D eigenvalue weighted by molar-refractivity contribution is 6.30. The van der Waals surface area contributed by atoms with Crippen molar-refractivity contribution in [3.63, 3.8) is 0 Å². The number of rotatable bonds is 5. The van der Waals surface area contributed by atoms with Gasteiger partial charge in [-0.3, -0.25) is 14.5 Å². The molecule has 8 heteroatoms. The number of anilines is 3. The lowest BCUT2D eigenvalue weighted by atomic mass is 9.89. The van der Waals surface area contributed by atoms with Crippen LogP contribution in [0.1, 0.15) is 49.2 Å². The molecular formula is C29H30ClN3O4. The molecule has 0 saturated heterocycles. The van der Waals surface area contributed by atoms with Gasteiger partial charge in [0.2, 0.25) is 5.91 Å². The molecule has 0 bridgehead atoms. The number of hydrogen-bond acceptors (Lipinski definition) is 4. The van der Waals surface area contributed by atoms with Crippen LogP contribution in [0.4, 0.5) is 21.9 Å². The van der Waals surface area contributed by atoms with Crippen molar-refractivity contribution in [2.45, 2.75) is 39.3 Å². The van der Waals surface area contributed by atoms with Crippen LogP contribution in [0.15, 0.2) is 72.8 Å². The van der Waals surface area contributed by atoms with Crippen molar-refractivity contribution in [3.8, 4) is 0 Å². The van der Waals surface area contributed by atoms with Crippen molar-refractivity contribution in [2.24, 2.45) is 0 Å². The Morgan fingerprint density at radius 3 is 2.22 bits per heavy atom. The van der Waals surface area contributed by atoms with E-state index >= 15 is 0 Å². The molecule has 3 aromatic rings. The summed E-state index contributed by atoms with van der Waals surface area (Å²) in [5.74, 6) is -0.236. The fourth-order valence-corrected chi connectivity index (χ4v) is 4.94. The Morgan fingerprint density at radius 2 is 1.59 bits per heavy atom. The number of nitrogens with zero attached hydrogens (tertiary/aromatic N) is 3. The fourth-order valence-electron chi connectivity index (χ4n) is 4.81. The molecule has 0 saturated carbocycles. The molecule has 7 nitrogen and oxygen atoms in total. The zero-order chi connectivity index (χ0) is 26.7. The molecule has 0 aliphatic carbocycles. The van der Waals surface area contributed by atoms with E-state index in [1.807, 2.05) is 43.3 Å². The van der Waals surface area contributed by atoms with Crippen molar-refractivity contribution in [1.29, 1.82) is 0 Å². The van der Waals surface area contributed by atoms with Crippen LogP contribution in [-0.4, -0.2) is 37.6 Å². The predicted molar refractivity (Wildman–Crippen MR) is 147 cm³/mol. The number of carbonyl (C=O) groups excluding carboxylic acids is 3. The maximum absolute atomic E-state index is 13.7. The van der Waals surface area contributed by atoms with E-state index in [0.29, 0.717) is 22.7 Å². The topological polar surface area (TPSA) is 70.2 Å². The summed E-state index contributed by atoms with van der Waals surface area (Å²) in [5, 5.41) is 0.598. The summed E-state index contributed by atoms with van der Waals surface area (Å²) < 4.78 is 5.05. The van der Waals surface area contributed by atoms with E-state index in [1.54, 1.807) is 67.1 Å². The van der Waals surface area contributed by atoms with Gasteiger partial charge in [0.05, 0.1) is 12.6 Å². The van der Waals surface area contributed by atoms with E-state index in [-0.39, 0.29) is 30.5 Å². The minimum atomic E-state index is -0.457. The van der Waals surface area contributed by atoms with Crippen molar-refractivity contribution in [3.05, 3.63) is 88.9 Å². The second-order valence-corrected chi connectivity index (χ2v) is 9.44. The van der Waals surface area contributed by atoms with Crippen LogP contribution in [0, 0.1) is 0 Å². The van der Waals surface area contributed by atoms with E-state index in [0.717, 1.165) is 16.9 Å². The summed E-state index contributed by atoms with van der Waals surface area (Å²) in [7, 11) is 1.62. The van der Waals surface area contributed by atoms with Gasteiger partial charge in [-0.05, 0) is 80.4 Å². The van der Waals surface area contributed by atoms with Crippen molar-refractivity contribution < 1.29 is 19.1 Å². The van der Waals surface area contributed by atoms with Gasteiger partial charge in [0, 0.05) is 47.7 Å². The minimum Gasteiger partial charge on any atom is -0.449 e. The highest BCUT2D eigenvalue weighted by Gasteiger charge is 2.38. The number of fused-ring (bicyclic) bond motifs is 1. The van der Waals surface area contributed by atoms with Crippen LogP contribution in [-0.2, 0) is 9.53 Å². The summed E-state index contributed by atoms with van der Waals surface area (Å²) in [6, 6.07) is 21.4. The molecule has 0 fully saturated rings. The first-order chi connectivity index (χ1) is 17.7. The molecule has 0 aromatic heterocycles. The van der Waals surface area contributed by atoms with E-state index in [2.05, 4.69) is 0 Å². The molecule has 0 radical (unpaired) electrons. The highest BCUT2D eigenvalue weighted by atomic mass is 35.5. The maximum atomic E-state index is 13.7. The molecule has 1 aliphatic rings. The molecular weight excluding hydrogens is 490 g/mol. The van der Waals surface area contributed by atoms with Gasteiger partial charge < -0.3 is 14.5 Å². The largest absolute Gasteiger partial charge is 0.449 e. The Hall–Kier alpha value is -3.84. The zero-order valence-electron chi connectivity index (χ0n) is 21.3. The average molecular weight is 520 g/mol. The monoisotopic (exact) mass is 519 g/mol. The van der Waals surface area contributed by atoms with Gasteiger partial charge >= 0.3 is 6.09 Å². The van der Waals surface area contributed by atoms with Crippen LogP contribution in [0.3, 0.4) is 0 Å². The molecule has 4 rings (SSSR count). The van der Waals surface area contributed by atoms with E-state index in [1.165, 1.54) is 4.90 Å². The lowest BCUT2D eigenvalue weighted by molar-refractivity contribution is -0.117. The lowest BCUT2D eigenvalue weighted by Gasteiger charge is -2.43. The third-order valence-corrected chi connectivity index (χ3v) is 6.83. The predicted octanol–water partition coefficient (Wildman–Crippen LogP) is 6.47. The first kappa shape index (κ1) is 26.2. The van der Waals surface area contributed by atoms with Gasteiger partial charge in [-0.25, -0.2) is 4.79 Å². The Bertz CT molecular complexity index is 1290. The molecule has 2 unspecified atom stereocenters. The standard InChI is InChI=1S/C29H30ClN3O4/c1-5-37-29(36)31(4)23-14-10-21(11-15-23)28(35)32-19(2)18-27(25-8-6-7-9-26(25)32)33(20(3)34)24-16-12-22(30)13-17-24/h6-17,19,27H,5,18H2,1-4H3. The van der Waals surface area contributed by atoms with Gasteiger partial charge in [-0.1, -0.05) is 29.8 Å². The fraction of sp³-hybridized carbons (Fsp3) is 0.276. The Kier molecular flexibility index (Phi) is 7.83. The zero-order valence-corrected chi connectivity index (χ0v) is 22.1. The quantitative estimate of drug-likeness (QED) is 0.387. The number of para-hydroxylation sites is 1. The molecule has 1 heterocycles. The van der Waals surface area contributed by atoms with Crippen molar-refractivity contribution in [1.82, 2.24) is 0 Å². The summed E-state index contributed by atoms with van der Waals surface area (Å²) in [6.45, 7) is 5.57. The molecule has 2 atom stereocenters. The lowest BCUT2D eigenvalue weighted by Crippen LogP contribution is -2.47. The Labute approximate surface area is 222 Å². The number of amides is 3. The van der Waals surface area contributed by atoms with Crippen LogP contribution in [0.5, 0.6) is 0 Å². The summed E-state index contributed by atoms with van der Waals surface area (Å²) in [6.07, 6.45) is 0.108. The molecule has 0 N–H and O–H groups in total. The normalized spacial score (nSPS) is 16.5.